The van der Waals surface area contributed by atoms with Crippen LogP contribution in [-0.4, -0.2) is 65.1 Å². The van der Waals surface area contributed by atoms with E-state index in [2.05, 4.69) is 5.32 Å². The minimum Gasteiger partial charge on any atom is -0.494 e. The number of carbonyl (C=O) groups is 2. The van der Waals surface area contributed by atoms with E-state index in [1.54, 1.807) is 31.2 Å². The fraction of sp³-hybridized carbons (Fsp3) is 0.394. The average Bonchev–Trinajstić information content (AvgIpc) is 3.01. The Bertz CT molecular complexity index is 1510. The average molecular weight is 626 g/mol. The summed E-state index contributed by atoms with van der Waals surface area (Å²) in [5, 5.41) is 2.89. The van der Waals surface area contributed by atoms with Crippen molar-refractivity contribution in [2.45, 2.75) is 52.1 Å². The Morgan fingerprint density at radius 2 is 1.52 bits per heavy atom. The molecule has 0 saturated carbocycles. The molecule has 0 saturated heterocycles. The number of hydrogen-bond donors (Lipinski definition) is 1. The van der Waals surface area contributed by atoms with E-state index in [9.17, 15) is 18.0 Å². The van der Waals surface area contributed by atoms with Gasteiger partial charge in [0.1, 0.15) is 18.3 Å². The molecule has 1 N–H and O–H groups in total. The molecule has 0 aliphatic rings. The second-order valence-electron chi connectivity index (χ2n) is 10.8. The molecule has 3 rings (SSSR count). The number of benzene rings is 3. The predicted octanol–water partition coefficient (Wildman–Crippen LogP) is 4.80. The Morgan fingerprint density at radius 3 is 2.09 bits per heavy atom. The summed E-state index contributed by atoms with van der Waals surface area (Å²) in [6, 6.07) is 17.5. The highest BCUT2D eigenvalue weighted by atomic mass is 32.2. The molecule has 0 fully saturated rings. The van der Waals surface area contributed by atoms with Crippen LogP contribution >= 0.6 is 0 Å². The van der Waals surface area contributed by atoms with Crippen LogP contribution in [0.4, 0.5) is 5.69 Å². The zero-order valence-corrected chi connectivity index (χ0v) is 27.3. The van der Waals surface area contributed by atoms with E-state index in [-0.39, 0.29) is 34.7 Å². The summed E-state index contributed by atoms with van der Waals surface area (Å²) >= 11 is 0. The Kier molecular flexibility index (Phi) is 12.0. The Morgan fingerprint density at radius 1 is 0.886 bits per heavy atom. The molecule has 0 unspecified atom stereocenters. The number of aryl methyl sites for hydroxylation is 1. The van der Waals surface area contributed by atoms with Gasteiger partial charge < -0.3 is 24.4 Å². The smallest absolute Gasteiger partial charge is 0.264 e. The number of rotatable bonds is 15. The fourth-order valence-corrected chi connectivity index (χ4v) is 5.86. The van der Waals surface area contributed by atoms with Crippen molar-refractivity contribution in [3.05, 3.63) is 77.9 Å². The van der Waals surface area contributed by atoms with Crippen LogP contribution in [0.2, 0.25) is 0 Å². The normalized spacial score (nSPS) is 11.9. The number of anilines is 1. The van der Waals surface area contributed by atoms with Gasteiger partial charge in [-0.1, -0.05) is 43.7 Å². The summed E-state index contributed by atoms with van der Waals surface area (Å²) in [7, 11) is -1.43. The molecule has 11 heteroatoms. The van der Waals surface area contributed by atoms with Crippen molar-refractivity contribution in [3.63, 3.8) is 0 Å². The topological polar surface area (TPSA) is 114 Å². The first-order valence-corrected chi connectivity index (χ1v) is 16.0. The van der Waals surface area contributed by atoms with Gasteiger partial charge in [-0.15, -0.1) is 0 Å². The molecule has 0 aromatic heterocycles. The lowest BCUT2D eigenvalue weighted by molar-refractivity contribution is -0.139. The Balaban J connectivity index is 2.06. The van der Waals surface area contributed by atoms with Crippen molar-refractivity contribution in [1.82, 2.24) is 10.2 Å². The SMILES string of the molecule is CCOc1ccc(N(CC(=O)N(Cc2ccc(C)cc2)[C@@H](C)C(=O)NCC(C)C)S(=O)(=O)c2ccc(OC)c(OC)c2)cc1. The zero-order chi connectivity index (χ0) is 32.4. The van der Waals surface area contributed by atoms with Gasteiger partial charge in [0.2, 0.25) is 11.8 Å². The second kappa shape index (κ2) is 15.5. The van der Waals surface area contributed by atoms with Gasteiger partial charge in [0, 0.05) is 19.2 Å². The number of hydrogen-bond acceptors (Lipinski definition) is 7. The third-order valence-electron chi connectivity index (χ3n) is 6.98. The minimum atomic E-state index is -4.30. The van der Waals surface area contributed by atoms with Gasteiger partial charge in [-0.05, 0) is 68.7 Å². The van der Waals surface area contributed by atoms with Crippen molar-refractivity contribution in [2.24, 2.45) is 5.92 Å². The zero-order valence-electron chi connectivity index (χ0n) is 26.5. The molecule has 10 nitrogen and oxygen atoms in total. The van der Waals surface area contributed by atoms with Crippen LogP contribution in [0.3, 0.4) is 0 Å². The molecule has 2 amide bonds. The maximum absolute atomic E-state index is 14.2. The van der Waals surface area contributed by atoms with Gasteiger partial charge in [0.25, 0.3) is 10.0 Å². The summed E-state index contributed by atoms with van der Waals surface area (Å²) in [6.45, 7) is 9.86. The van der Waals surface area contributed by atoms with Gasteiger partial charge in [-0.25, -0.2) is 8.42 Å². The number of nitrogens with zero attached hydrogens (tertiary/aromatic N) is 2. The lowest BCUT2D eigenvalue weighted by Gasteiger charge is -2.32. The molecule has 0 radical (unpaired) electrons. The molecule has 3 aromatic carbocycles. The van der Waals surface area contributed by atoms with Crippen molar-refractivity contribution in [3.8, 4) is 17.2 Å². The van der Waals surface area contributed by atoms with E-state index in [1.807, 2.05) is 52.0 Å². The molecule has 0 aliphatic carbocycles. The van der Waals surface area contributed by atoms with E-state index in [1.165, 1.54) is 37.3 Å². The maximum atomic E-state index is 14.2. The summed E-state index contributed by atoms with van der Waals surface area (Å²) in [5.41, 5.74) is 2.11. The number of sulfonamides is 1. The highest BCUT2D eigenvalue weighted by Crippen LogP contribution is 2.33. The molecule has 1 atom stereocenters. The first-order valence-electron chi connectivity index (χ1n) is 14.5. The highest BCUT2D eigenvalue weighted by molar-refractivity contribution is 7.92. The summed E-state index contributed by atoms with van der Waals surface area (Å²) in [5.74, 6) is 0.491. The molecule has 3 aromatic rings. The second-order valence-corrected chi connectivity index (χ2v) is 12.6. The van der Waals surface area contributed by atoms with Crippen LogP contribution in [0.1, 0.15) is 38.8 Å². The fourth-order valence-electron chi connectivity index (χ4n) is 4.43. The number of nitrogens with one attached hydrogen (secondary N) is 1. The van der Waals surface area contributed by atoms with E-state index < -0.39 is 28.5 Å². The van der Waals surface area contributed by atoms with Gasteiger partial charge in [-0.3, -0.25) is 13.9 Å². The van der Waals surface area contributed by atoms with Crippen molar-refractivity contribution in [1.29, 1.82) is 0 Å². The first kappa shape index (κ1) is 34.2. The van der Waals surface area contributed by atoms with Crippen LogP contribution in [0, 0.1) is 12.8 Å². The van der Waals surface area contributed by atoms with Gasteiger partial charge in [-0.2, -0.15) is 0 Å². The largest absolute Gasteiger partial charge is 0.494 e. The van der Waals surface area contributed by atoms with Crippen LogP contribution < -0.4 is 23.8 Å². The maximum Gasteiger partial charge on any atom is 0.264 e. The van der Waals surface area contributed by atoms with Gasteiger partial charge in [0.15, 0.2) is 11.5 Å². The van der Waals surface area contributed by atoms with Crippen molar-refractivity contribution in [2.75, 3.05) is 38.2 Å². The van der Waals surface area contributed by atoms with Crippen molar-refractivity contribution >= 4 is 27.5 Å². The van der Waals surface area contributed by atoms with Gasteiger partial charge in [0.05, 0.1) is 31.4 Å². The molecule has 0 spiro atoms. The summed E-state index contributed by atoms with van der Waals surface area (Å²) in [4.78, 5) is 28.6. The molecular weight excluding hydrogens is 582 g/mol. The number of methoxy groups -OCH3 is 2. The van der Waals surface area contributed by atoms with E-state index in [0.29, 0.717) is 24.7 Å². The van der Waals surface area contributed by atoms with Crippen LogP contribution in [0.15, 0.2) is 71.6 Å². The monoisotopic (exact) mass is 625 g/mol. The molecule has 0 heterocycles. The lowest BCUT2D eigenvalue weighted by Crippen LogP contribution is -2.51. The number of carbonyl (C=O) groups excluding carboxylic acids is 2. The third-order valence-corrected chi connectivity index (χ3v) is 8.75. The molecule has 238 valence electrons. The first-order chi connectivity index (χ1) is 20.9. The molecule has 0 aliphatic heterocycles. The minimum absolute atomic E-state index is 0.0929. The quantitative estimate of drug-likeness (QED) is 0.258. The third kappa shape index (κ3) is 8.66. The van der Waals surface area contributed by atoms with E-state index in [4.69, 9.17) is 14.2 Å². The van der Waals surface area contributed by atoms with Gasteiger partial charge >= 0.3 is 0 Å². The van der Waals surface area contributed by atoms with Crippen molar-refractivity contribution < 1.29 is 32.2 Å². The van der Waals surface area contributed by atoms with Crippen LogP contribution in [0.5, 0.6) is 17.2 Å². The van der Waals surface area contributed by atoms with Crippen LogP contribution in [-0.2, 0) is 26.2 Å². The molecule has 0 bridgehead atoms. The summed E-state index contributed by atoms with van der Waals surface area (Å²) in [6.07, 6.45) is 0. The number of ether oxygens (including phenoxy) is 3. The summed E-state index contributed by atoms with van der Waals surface area (Å²) < 4.78 is 45.6. The molecule has 44 heavy (non-hydrogen) atoms. The Hall–Kier alpha value is -4.25. The highest BCUT2D eigenvalue weighted by Gasteiger charge is 2.33. The Labute approximate surface area is 261 Å². The van der Waals surface area contributed by atoms with Crippen LogP contribution in [0.25, 0.3) is 0 Å². The van der Waals surface area contributed by atoms with E-state index >= 15 is 0 Å². The van der Waals surface area contributed by atoms with E-state index in [0.717, 1.165) is 15.4 Å². The lowest BCUT2D eigenvalue weighted by atomic mass is 10.1. The standard InChI is InChI=1S/C33H43N3O7S/c1-8-43-28-15-13-27(14-16-28)36(44(39,40)29-17-18-30(41-6)31(19-29)42-7)22-32(37)35(21-26-11-9-24(4)10-12-26)25(5)33(38)34-20-23(2)3/h9-19,23,25H,8,20-22H2,1-7H3,(H,34,38)/t25-/m0/s1. The molecular formula is C33H43N3O7S. The number of amides is 2. The predicted molar refractivity (Wildman–Crippen MR) is 171 cm³/mol.